The van der Waals surface area contributed by atoms with Crippen LogP contribution in [0, 0.1) is 24.7 Å². The minimum atomic E-state index is 0.779. The van der Waals surface area contributed by atoms with Crippen LogP contribution in [0.1, 0.15) is 9.75 Å². The smallest absolute Gasteiger partial charge is 0.127 e. The van der Waals surface area contributed by atoms with E-state index in [4.69, 9.17) is 22.3 Å². The van der Waals surface area contributed by atoms with E-state index >= 15 is 0 Å². The molecule has 0 radical (unpaired) electrons. The van der Waals surface area contributed by atoms with Gasteiger partial charge in [0.2, 0.25) is 0 Å². The molecule has 2 aromatic heterocycles. The van der Waals surface area contributed by atoms with Gasteiger partial charge in [-0.1, -0.05) is 11.8 Å². The summed E-state index contributed by atoms with van der Waals surface area (Å²) in [6.45, 7) is 0. The molecule has 0 spiro atoms. The van der Waals surface area contributed by atoms with E-state index in [-0.39, 0.29) is 0 Å². The largest absolute Gasteiger partial charge is 0.496 e. The number of fused-ring (bicyclic) bond motifs is 1. The lowest BCUT2D eigenvalue weighted by atomic mass is 9.96. The molecule has 4 aromatic rings. The summed E-state index contributed by atoms with van der Waals surface area (Å²) in [5, 5.41) is 6.08. The normalized spacial score (nSPS) is 10.4. The summed E-state index contributed by atoms with van der Waals surface area (Å²) in [7, 11) is 3.35. The van der Waals surface area contributed by atoms with Crippen LogP contribution in [-0.2, 0) is 0 Å². The molecule has 0 aliphatic rings. The third-order valence-corrected chi connectivity index (χ3v) is 6.34. The molecule has 0 N–H and O–H groups in total. The molecule has 0 aliphatic heterocycles. The lowest BCUT2D eigenvalue weighted by Gasteiger charge is -2.14. The quantitative estimate of drug-likeness (QED) is 0.376. The van der Waals surface area contributed by atoms with E-state index in [1.54, 1.807) is 36.9 Å². The van der Waals surface area contributed by atoms with Crippen LogP contribution in [-0.4, -0.2) is 14.2 Å². The summed E-state index contributed by atoms with van der Waals surface area (Å²) < 4.78 is 11.4. The summed E-state index contributed by atoms with van der Waals surface area (Å²) >= 11 is 3.09. The Balaban J connectivity index is 1.98. The van der Waals surface area contributed by atoms with E-state index in [2.05, 4.69) is 24.0 Å². The summed E-state index contributed by atoms with van der Waals surface area (Å²) in [5.41, 5.74) is 3.95. The van der Waals surface area contributed by atoms with Gasteiger partial charge in [0.1, 0.15) is 11.5 Å². The van der Waals surface area contributed by atoms with Crippen LogP contribution >= 0.6 is 22.7 Å². The van der Waals surface area contributed by atoms with Gasteiger partial charge in [0.05, 0.1) is 24.0 Å². The fourth-order valence-electron chi connectivity index (χ4n) is 3.33. The molecule has 0 amide bonds. The van der Waals surface area contributed by atoms with Crippen molar-refractivity contribution in [3.63, 3.8) is 0 Å². The van der Waals surface area contributed by atoms with Gasteiger partial charge < -0.3 is 9.47 Å². The van der Waals surface area contributed by atoms with E-state index < -0.39 is 0 Å². The fourth-order valence-corrected chi connectivity index (χ4v) is 4.76. The lowest BCUT2D eigenvalue weighted by Crippen LogP contribution is -1.92. The van der Waals surface area contributed by atoms with Gasteiger partial charge in [0, 0.05) is 22.3 Å². The van der Waals surface area contributed by atoms with Crippen molar-refractivity contribution in [2.75, 3.05) is 14.2 Å². The van der Waals surface area contributed by atoms with E-state index in [0.29, 0.717) is 0 Å². The maximum atomic E-state index is 5.68. The van der Waals surface area contributed by atoms with Gasteiger partial charge in [0.25, 0.3) is 0 Å². The first kappa shape index (κ1) is 18.2. The Kier molecular flexibility index (Phi) is 4.84. The van der Waals surface area contributed by atoms with Crippen LogP contribution in [0.2, 0.25) is 0 Å². The van der Waals surface area contributed by atoms with E-state index in [1.165, 1.54) is 0 Å². The Labute approximate surface area is 172 Å². The topological polar surface area (TPSA) is 18.5 Å². The fraction of sp³-hybridized carbons (Fsp3) is 0.0833. The van der Waals surface area contributed by atoms with Crippen LogP contribution in [0.4, 0.5) is 0 Å². The predicted molar refractivity (Wildman–Crippen MR) is 120 cm³/mol. The van der Waals surface area contributed by atoms with Gasteiger partial charge in [-0.25, -0.2) is 0 Å². The number of methoxy groups -OCH3 is 2. The number of thiophene rings is 2. The second-order valence-electron chi connectivity index (χ2n) is 6.07. The zero-order valence-electron chi connectivity index (χ0n) is 15.4. The number of rotatable bonds is 4. The van der Waals surface area contributed by atoms with Crippen molar-refractivity contribution in [1.82, 2.24) is 0 Å². The zero-order chi connectivity index (χ0) is 19.7. The van der Waals surface area contributed by atoms with Gasteiger partial charge in [-0.15, -0.1) is 35.5 Å². The minimum Gasteiger partial charge on any atom is -0.496 e. The first-order valence-corrected chi connectivity index (χ1v) is 10.2. The Morgan fingerprint density at radius 2 is 1.11 bits per heavy atom. The number of hydrogen-bond acceptors (Lipinski definition) is 4. The summed E-state index contributed by atoms with van der Waals surface area (Å²) in [6, 6.07) is 12.3. The Hall–Kier alpha value is -3.18. The molecular weight excluding hydrogens is 384 g/mol. The van der Waals surface area contributed by atoms with Crippen LogP contribution in [0.5, 0.6) is 11.5 Å². The molecule has 2 aromatic carbocycles. The Bertz CT molecular complexity index is 1160. The van der Waals surface area contributed by atoms with Crippen molar-refractivity contribution in [3.8, 4) is 58.4 Å². The molecule has 0 fully saturated rings. The maximum Gasteiger partial charge on any atom is 0.127 e. The maximum absolute atomic E-state index is 5.68. The van der Waals surface area contributed by atoms with Crippen LogP contribution < -0.4 is 9.47 Å². The highest BCUT2D eigenvalue weighted by Crippen LogP contribution is 2.42. The van der Waals surface area contributed by atoms with E-state index in [0.717, 1.165) is 54.3 Å². The molecule has 0 bridgehead atoms. The first-order valence-electron chi connectivity index (χ1n) is 8.49. The van der Waals surface area contributed by atoms with Crippen molar-refractivity contribution in [2.45, 2.75) is 0 Å². The molecule has 2 heterocycles. The number of hydrogen-bond donors (Lipinski definition) is 0. The minimum absolute atomic E-state index is 0.779. The molecule has 4 rings (SSSR count). The number of terminal acetylenes is 2. The van der Waals surface area contributed by atoms with Crippen LogP contribution in [0.15, 0.2) is 47.2 Å². The second-order valence-corrected chi connectivity index (χ2v) is 7.90. The first-order chi connectivity index (χ1) is 13.7. The number of ether oxygens (including phenoxy) is 2. The molecule has 0 aliphatic carbocycles. The summed E-state index contributed by atoms with van der Waals surface area (Å²) in [5.74, 6) is 7.07. The van der Waals surface area contributed by atoms with Crippen LogP contribution in [0.3, 0.4) is 0 Å². The van der Waals surface area contributed by atoms with E-state index in [1.807, 2.05) is 35.0 Å². The highest BCUT2D eigenvalue weighted by Gasteiger charge is 2.16. The molecular formula is C24H16O2S2. The van der Waals surface area contributed by atoms with E-state index in [9.17, 15) is 0 Å². The van der Waals surface area contributed by atoms with Gasteiger partial charge in [0.15, 0.2) is 0 Å². The van der Waals surface area contributed by atoms with Crippen molar-refractivity contribution in [3.05, 3.63) is 56.9 Å². The van der Waals surface area contributed by atoms with Gasteiger partial charge in [-0.2, -0.15) is 0 Å². The van der Waals surface area contributed by atoms with Crippen molar-refractivity contribution in [1.29, 1.82) is 0 Å². The molecule has 0 atom stereocenters. The Morgan fingerprint density at radius 1 is 0.679 bits per heavy atom. The zero-order valence-corrected chi connectivity index (χ0v) is 17.0. The van der Waals surface area contributed by atoms with Crippen molar-refractivity contribution < 1.29 is 9.47 Å². The average Bonchev–Trinajstić information content (AvgIpc) is 3.40. The highest BCUT2D eigenvalue weighted by atomic mass is 32.1. The third-order valence-electron chi connectivity index (χ3n) is 4.65. The van der Waals surface area contributed by atoms with Gasteiger partial charge >= 0.3 is 0 Å². The molecule has 0 saturated heterocycles. The van der Waals surface area contributed by atoms with Gasteiger partial charge in [-0.3, -0.25) is 0 Å². The SMILES string of the molecule is C#Cc1sccc1-c1cc2cc(OC)c(-c3ccsc3C#C)cc2cc1OC. The van der Waals surface area contributed by atoms with Crippen LogP contribution in [0.25, 0.3) is 33.0 Å². The molecule has 4 heteroatoms. The van der Waals surface area contributed by atoms with Crippen molar-refractivity contribution in [2.24, 2.45) is 0 Å². The lowest BCUT2D eigenvalue weighted by molar-refractivity contribution is 0.416. The van der Waals surface area contributed by atoms with Gasteiger partial charge in [-0.05, 0) is 57.9 Å². The molecule has 2 nitrogen and oxygen atoms in total. The number of benzene rings is 2. The predicted octanol–water partition coefficient (Wildman–Crippen LogP) is 6.28. The standard InChI is InChI=1S/C24H16O2S2/c1-5-23-17(7-9-27-23)19-11-15-14-22(26-4)20(12-16(15)13-21(19)25-3)18-8-10-28-24(18)6-2/h1-2,7-14H,3-4H3. The molecule has 0 saturated carbocycles. The highest BCUT2D eigenvalue weighted by molar-refractivity contribution is 7.11. The molecule has 0 unspecified atom stereocenters. The molecule has 136 valence electrons. The molecule has 28 heavy (non-hydrogen) atoms. The summed E-state index contributed by atoms with van der Waals surface area (Å²) in [6.07, 6.45) is 11.3. The Morgan fingerprint density at radius 3 is 1.46 bits per heavy atom. The average molecular weight is 401 g/mol. The monoisotopic (exact) mass is 400 g/mol. The second kappa shape index (κ2) is 7.44. The third kappa shape index (κ3) is 2.94. The summed E-state index contributed by atoms with van der Waals surface area (Å²) in [4.78, 5) is 1.77. The van der Waals surface area contributed by atoms with Crippen molar-refractivity contribution >= 4 is 33.4 Å².